The fourth-order valence-corrected chi connectivity index (χ4v) is 2.34. The smallest absolute Gasteiger partial charge is 0.172 e. The molecule has 0 aliphatic rings. The highest BCUT2D eigenvalue weighted by atomic mass is 35.5. The van der Waals surface area contributed by atoms with Crippen LogP contribution in [0.4, 0.5) is 0 Å². The second-order valence-corrected chi connectivity index (χ2v) is 5.37. The van der Waals surface area contributed by atoms with Crippen molar-refractivity contribution in [1.82, 2.24) is 0 Å². The van der Waals surface area contributed by atoms with Gasteiger partial charge >= 0.3 is 0 Å². The van der Waals surface area contributed by atoms with Crippen LogP contribution in [-0.2, 0) is 4.74 Å². The fraction of sp³-hybridized carbons (Fsp3) is 0.417. The maximum atomic E-state index is 11.8. The van der Waals surface area contributed by atoms with Crippen molar-refractivity contribution in [3.63, 3.8) is 0 Å². The molecule has 0 spiro atoms. The molecule has 0 unspecified atom stereocenters. The predicted octanol–water partition coefficient (Wildman–Crippen LogP) is 3.95. The van der Waals surface area contributed by atoms with Crippen molar-refractivity contribution >= 4 is 40.7 Å². The van der Waals surface area contributed by atoms with Gasteiger partial charge in [0.2, 0.25) is 0 Å². The van der Waals surface area contributed by atoms with Crippen LogP contribution >= 0.6 is 35.0 Å². The highest BCUT2D eigenvalue weighted by Gasteiger charge is 2.08. The van der Waals surface area contributed by atoms with E-state index in [-0.39, 0.29) is 5.78 Å². The average Bonchev–Trinajstić information content (AvgIpc) is 2.32. The van der Waals surface area contributed by atoms with Crippen LogP contribution in [0.1, 0.15) is 16.8 Å². The van der Waals surface area contributed by atoms with Gasteiger partial charge in [-0.25, -0.2) is 0 Å². The Morgan fingerprint density at radius 2 is 2.12 bits per heavy atom. The number of carbonyl (C=O) groups excluding carboxylic acids is 1. The van der Waals surface area contributed by atoms with Crippen LogP contribution in [0.15, 0.2) is 18.2 Å². The highest BCUT2D eigenvalue weighted by Crippen LogP contribution is 2.23. The lowest BCUT2D eigenvalue weighted by Gasteiger charge is -2.03. The Hall–Kier alpha value is -0.220. The second kappa shape index (κ2) is 7.98. The number of methoxy groups -OCH3 is 1. The molecule has 2 nitrogen and oxygen atoms in total. The van der Waals surface area contributed by atoms with Gasteiger partial charge in [0.05, 0.1) is 15.8 Å². The van der Waals surface area contributed by atoms with E-state index >= 15 is 0 Å². The molecule has 0 fully saturated rings. The number of hydrogen-bond donors (Lipinski definition) is 0. The second-order valence-electron chi connectivity index (χ2n) is 3.45. The first-order chi connectivity index (χ1) is 8.15. The summed E-state index contributed by atoms with van der Waals surface area (Å²) in [5.74, 6) is 1.45. The van der Waals surface area contributed by atoms with Crippen molar-refractivity contribution in [2.24, 2.45) is 0 Å². The summed E-state index contributed by atoms with van der Waals surface area (Å²) in [5.41, 5.74) is 0.610. The monoisotopic (exact) mass is 292 g/mol. The Bertz CT molecular complexity index is 383. The molecule has 0 heterocycles. The Kier molecular flexibility index (Phi) is 6.97. The fourth-order valence-electron chi connectivity index (χ4n) is 1.22. The summed E-state index contributed by atoms with van der Waals surface area (Å²) < 4.78 is 4.93. The largest absolute Gasteiger partial charge is 0.385 e. The maximum absolute atomic E-state index is 11.8. The summed E-state index contributed by atoms with van der Waals surface area (Å²) in [6.45, 7) is 0.730. The molecular weight excluding hydrogens is 279 g/mol. The Morgan fingerprint density at radius 1 is 1.35 bits per heavy atom. The van der Waals surface area contributed by atoms with Gasteiger partial charge in [0.25, 0.3) is 0 Å². The third kappa shape index (κ3) is 5.30. The Balaban J connectivity index is 2.39. The molecule has 5 heteroatoms. The van der Waals surface area contributed by atoms with E-state index in [0.29, 0.717) is 21.4 Å². The van der Waals surface area contributed by atoms with Crippen LogP contribution in [0.5, 0.6) is 0 Å². The molecule has 1 aromatic rings. The van der Waals surface area contributed by atoms with Crippen molar-refractivity contribution in [3.05, 3.63) is 33.8 Å². The summed E-state index contributed by atoms with van der Waals surface area (Å²) in [6, 6.07) is 4.96. The summed E-state index contributed by atoms with van der Waals surface area (Å²) >= 11 is 13.2. The molecular formula is C12H14Cl2O2S. The summed E-state index contributed by atoms with van der Waals surface area (Å²) in [4.78, 5) is 11.8. The molecule has 0 aliphatic carbocycles. The van der Waals surface area contributed by atoms with E-state index in [4.69, 9.17) is 27.9 Å². The van der Waals surface area contributed by atoms with Crippen LogP contribution in [-0.4, -0.2) is 31.0 Å². The Morgan fingerprint density at radius 3 is 2.76 bits per heavy atom. The van der Waals surface area contributed by atoms with E-state index in [1.54, 1.807) is 37.1 Å². The molecule has 94 valence electrons. The molecule has 0 radical (unpaired) electrons. The van der Waals surface area contributed by atoms with Gasteiger partial charge < -0.3 is 4.74 Å². The normalized spacial score (nSPS) is 10.5. The minimum absolute atomic E-state index is 0.0750. The lowest BCUT2D eigenvalue weighted by molar-refractivity contribution is 0.102. The summed E-state index contributed by atoms with van der Waals surface area (Å²) in [6.07, 6.45) is 0.954. The zero-order valence-corrected chi connectivity index (χ0v) is 11.9. The minimum Gasteiger partial charge on any atom is -0.385 e. The van der Waals surface area contributed by atoms with Crippen molar-refractivity contribution in [2.45, 2.75) is 6.42 Å². The van der Waals surface area contributed by atoms with Gasteiger partial charge in [-0.1, -0.05) is 23.2 Å². The standard InChI is InChI=1S/C12H14Cl2O2S/c1-16-5-2-6-17-8-12(15)9-3-4-10(13)11(14)7-9/h3-4,7H,2,5-6,8H2,1H3. The van der Waals surface area contributed by atoms with Gasteiger partial charge in [-0.05, 0) is 30.4 Å². The van der Waals surface area contributed by atoms with Crippen LogP contribution in [0.25, 0.3) is 0 Å². The number of halogens is 2. The molecule has 0 aliphatic heterocycles. The number of carbonyl (C=O) groups is 1. The maximum Gasteiger partial charge on any atom is 0.172 e. The van der Waals surface area contributed by atoms with E-state index in [0.717, 1.165) is 18.8 Å². The first-order valence-electron chi connectivity index (χ1n) is 5.20. The molecule has 0 N–H and O–H groups in total. The zero-order chi connectivity index (χ0) is 12.7. The van der Waals surface area contributed by atoms with Crippen LogP contribution in [0.2, 0.25) is 10.0 Å². The van der Waals surface area contributed by atoms with E-state index in [2.05, 4.69) is 0 Å². The molecule has 0 amide bonds. The highest BCUT2D eigenvalue weighted by molar-refractivity contribution is 7.99. The molecule has 0 bridgehead atoms. The number of ether oxygens (including phenoxy) is 1. The first-order valence-corrected chi connectivity index (χ1v) is 7.11. The molecule has 0 aromatic heterocycles. The van der Waals surface area contributed by atoms with Gasteiger partial charge in [-0.2, -0.15) is 11.8 Å². The molecule has 0 saturated carbocycles. The minimum atomic E-state index is 0.0750. The van der Waals surface area contributed by atoms with Gasteiger partial charge in [-0.3, -0.25) is 4.79 Å². The van der Waals surface area contributed by atoms with E-state index in [1.165, 1.54) is 0 Å². The quantitative estimate of drug-likeness (QED) is 0.562. The lowest BCUT2D eigenvalue weighted by Crippen LogP contribution is -2.03. The summed E-state index contributed by atoms with van der Waals surface area (Å²) in [7, 11) is 1.67. The third-order valence-electron chi connectivity index (χ3n) is 2.11. The zero-order valence-electron chi connectivity index (χ0n) is 9.54. The van der Waals surface area contributed by atoms with Crippen molar-refractivity contribution in [1.29, 1.82) is 0 Å². The third-order valence-corrected chi connectivity index (χ3v) is 3.89. The SMILES string of the molecule is COCCCSCC(=O)c1ccc(Cl)c(Cl)c1. The molecule has 17 heavy (non-hydrogen) atoms. The van der Waals surface area contributed by atoms with E-state index < -0.39 is 0 Å². The van der Waals surface area contributed by atoms with E-state index in [1.807, 2.05) is 0 Å². The number of benzene rings is 1. The lowest BCUT2D eigenvalue weighted by atomic mass is 10.1. The average molecular weight is 293 g/mol. The van der Waals surface area contributed by atoms with Crippen molar-refractivity contribution in [3.8, 4) is 0 Å². The van der Waals surface area contributed by atoms with Gasteiger partial charge in [0.15, 0.2) is 5.78 Å². The molecule has 1 aromatic carbocycles. The predicted molar refractivity (Wildman–Crippen MR) is 74.6 cm³/mol. The van der Waals surface area contributed by atoms with Gasteiger partial charge in [0, 0.05) is 19.3 Å². The topological polar surface area (TPSA) is 26.3 Å². The van der Waals surface area contributed by atoms with Crippen LogP contribution < -0.4 is 0 Å². The number of Topliss-reactive ketones (excluding diaryl/α,β-unsaturated/α-hetero) is 1. The van der Waals surface area contributed by atoms with Crippen molar-refractivity contribution < 1.29 is 9.53 Å². The van der Waals surface area contributed by atoms with Gasteiger partial charge in [-0.15, -0.1) is 0 Å². The van der Waals surface area contributed by atoms with Crippen LogP contribution in [0, 0.1) is 0 Å². The number of ketones is 1. The molecule has 1 rings (SSSR count). The number of thioether (sulfide) groups is 1. The van der Waals surface area contributed by atoms with E-state index in [9.17, 15) is 4.79 Å². The number of hydrogen-bond acceptors (Lipinski definition) is 3. The molecule has 0 saturated heterocycles. The van der Waals surface area contributed by atoms with Gasteiger partial charge in [0.1, 0.15) is 0 Å². The first kappa shape index (κ1) is 14.8. The Labute approximate surface area is 116 Å². The number of rotatable bonds is 7. The molecule has 0 atom stereocenters. The summed E-state index contributed by atoms with van der Waals surface area (Å²) in [5, 5.41) is 0.887. The van der Waals surface area contributed by atoms with Crippen LogP contribution in [0.3, 0.4) is 0 Å². The van der Waals surface area contributed by atoms with Crippen molar-refractivity contribution in [2.75, 3.05) is 25.2 Å².